The summed E-state index contributed by atoms with van der Waals surface area (Å²) in [6.45, 7) is 4.96. The molecule has 0 amide bonds. The number of carbonyl (C=O) groups excluding carboxylic acids is 2. The SMILES string of the molecule is C=CC(=O)OCCc1ccc(OC(C)=O)cc1. The van der Waals surface area contributed by atoms with Crippen molar-refractivity contribution in [1.82, 2.24) is 0 Å². The third-order valence-electron chi connectivity index (χ3n) is 1.99. The van der Waals surface area contributed by atoms with E-state index in [1.807, 2.05) is 12.1 Å². The van der Waals surface area contributed by atoms with Gasteiger partial charge in [0.25, 0.3) is 0 Å². The summed E-state index contributed by atoms with van der Waals surface area (Å²) >= 11 is 0. The summed E-state index contributed by atoms with van der Waals surface area (Å²) < 4.78 is 9.74. The maximum absolute atomic E-state index is 10.8. The summed E-state index contributed by atoms with van der Waals surface area (Å²) in [4.78, 5) is 21.5. The fourth-order valence-corrected chi connectivity index (χ4v) is 1.22. The van der Waals surface area contributed by atoms with Gasteiger partial charge < -0.3 is 9.47 Å². The van der Waals surface area contributed by atoms with Gasteiger partial charge in [-0.2, -0.15) is 0 Å². The number of ether oxygens (including phenoxy) is 2. The molecule has 0 atom stereocenters. The summed E-state index contributed by atoms with van der Waals surface area (Å²) in [7, 11) is 0. The second kappa shape index (κ2) is 6.48. The molecule has 4 nitrogen and oxygen atoms in total. The fraction of sp³-hybridized carbons (Fsp3) is 0.231. The Labute approximate surface area is 99.8 Å². The van der Waals surface area contributed by atoms with Crippen LogP contribution in [0.5, 0.6) is 5.75 Å². The van der Waals surface area contributed by atoms with Crippen LogP contribution in [0.1, 0.15) is 12.5 Å². The van der Waals surface area contributed by atoms with Gasteiger partial charge in [0.2, 0.25) is 0 Å². The van der Waals surface area contributed by atoms with Crippen LogP contribution in [0, 0.1) is 0 Å². The molecule has 0 radical (unpaired) electrons. The molecule has 1 rings (SSSR count). The van der Waals surface area contributed by atoms with E-state index in [1.54, 1.807) is 12.1 Å². The number of carbonyl (C=O) groups is 2. The molecule has 0 aliphatic rings. The Hall–Kier alpha value is -2.10. The van der Waals surface area contributed by atoms with E-state index < -0.39 is 5.97 Å². The average Bonchev–Trinajstić information content (AvgIpc) is 2.30. The second-order valence-electron chi connectivity index (χ2n) is 3.36. The first-order chi connectivity index (χ1) is 8.11. The topological polar surface area (TPSA) is 52.6 Å². The minimum Gasteiger partial charge on any atom is -0.462 e. The van der Waals surface area contributed by atoms with E-state index in [9.17, 15) is 9.59 Å². The Morgan fingerprint density at radius 3 is 2.47 bits per heavy atom. The van der Waals surface area contributed by atoms with Gasteiger partial charge in [-0.1, -0.05) is 18.7 Å². The zero-order chi connectivity index (χ0) is 12.7. The molecule has 0 bridgehead atoms. The molecule has 0 spiro atoms. The van der Waals surface area contributed by atoms with Crippen LogP contribution in [0.25, 0.3) is 0 Å². The highest BCUT2D eigenvalue weighted by atomic mass is 16.5. The molecule has 17 heavy (non-hydrogen) atoms. The maximum atomic E-state index is 10.8. The van der Waals surface area contributed by atoms with Crippen molar-refractivity contribution in [3.63, 3.8) is 0 Å². The van der Waals surface area contributed by atoms with Crippen LogP contribution < -0.4 is 4.74 Å². The minimum atomic E-state index is -0.429. The standard InChI is InChI=1S/C13H14O4/c1-3-13(15)16-9-8-11-4-6-12(7-5-11)17-10(2)14/h3-7H,1,8-9H2,2H3. The molecule has 0 saturated carbocycles. The molecular formula is C13H14O4. The van der Waals surface area contributed by atoms with E-state index in [1.165, 1.54) is 6.92 Å². The van der Waals surface area contributed by atoms with Gasteiger partial charge in [-0.15, -0.1) is 0 Å². The molecule has 0 aliphatic heterocycles. The molecule has 90 valence electrons. The zero-order valence-corrected chi connectivity index (χ0v) is 9.64. The smallest absolute Gasteiger partial charge is 0.330 e. The van der Waals surface area contributed by atoms with Gasteiger partial charge in [-0.25, -0.2) is 4.79 Å². The first-order valence-electron chi connectivity index (χ1n) is 5.18. The summed E-state index contributed by atoms with van der Waals surface area (Å²) in [6.07, 6.45) is 1.74. The number of hydrogen-bond acceptors (Lipinski definition) is 4. The number of rotatable bonds is 5. The van der Waals surface area contributed by atoms with Crippen molar-refractivity contribution in [3.8, 4) is 5.75 Å². The highest BCUT2D eigenvalue weighted by Crippen LogP contribution is 2.12. The zero-order valence-electron chi connectivity index (χ0n) is 9.64. The third kappa shape index (κ3) is 4.97. The van der Waals surface area contributed by atoms with Crippen molar-refractivity contribution >= 4 is 11.9 Å². The van der Waals surface area contributed by atoms with Gasteiger partial charge in [0.15, 0.2) is 0 Å². The lowest BCUT2D eigenvalue weighted by atomic mass is 10.1. The lowest BCUT2D eigenvalue weighted by Gasteiger charge is -2.04. The Balaban J connectivity index is 2.42. The summed E-state index contributed by atoms with van der Waals surface area (Å²) in [5.41, 5.74) is 0.998. The Morgan fingerprint density at radius 1 is 1.29 bits per heavy atom. The van der Waals surface area contributed by atoms with Crippen LogP contribution in [0.15, 0.2) is 36.9 Å². The van der Waals surface area contributed by atoms with E-state index in [2.05, 4.69) is 6.58 Å². The van der Waals surface area contributed by atoms with Crippen molar-refractivity contribution < 1.29 is 19.1 Å². The molecule has 0 heterocycles. The number of benzene rings is 1. The summed E-state index contributed by atoms with van der Waals surface area (Å²) in [5, 5.41) is 0. The minimum absolute atomic E-state index is 0.303. The number of hydrogen-bond donors (Lipinski definition) is 0. The first kappa shape index (κ1) is 13.0. The lowest BCUT2D eigenvalue weighted by molar-refractivity contribution is -0.137. The molecule has 1 aromatic rings. The third-order valence-corrected chi connectivity index (χ3v) is 1.99. The molecule has 0 aromatic heterocycles. The van der Waals surface area contributed by atoms with E-state index in [-0.39, 0.29) is 5.97 Å². The van der Waals surface area contributed by atoms with Crippen LogP contribution in [0.3, 0.4) is 0 Å². The molecule has 1 aromatic carbocycles. The van der Waals surface area contributed by atoms with E-state index in [4.69, 9.17) is 9.47 Å². The van der Waals surface area contributed by atoms with Crippen molar-refractivity contribution in [1.29, 1.82) is 0 Å². The predicted octanol–water partition coefficient (Wildman–Crippen LogP) is 1.88. The normalized spacial score (nSPS) is 9.47. The van der Waals surface area contributed by atoms with Crippen LogP contribution in [0.4, 0.5) is 0 Å². The van der Waals surface area contributed by atoms with E-state index in [0.717, 1.165) is 11.6 Å². The van der Waals surface area contributed by atoms with Gasteiger partial charge in [0.05, 0.1) is 6.61 Å². The van der Waals surface area contributed by atoms with Gasteiger partial charge in [0.1, 0.15) is 5.75 Å². The summed E-state index contributed by atoms with van der Waals surface area (Å²) in [5.74, 6) is -0.275. The second-order valence-corrected chi connectivity index (χ2v) is 3.36. The van der Waals surface area contributed by atoms with Crippen LogP contribution >= 0.6 is 0 Å². The highest BCUT2D eigenvalue weighted by molar-refractivity contribution is 5.81. The van der Waals surface area contributed by atoms with Crippen LogP contribution in [-0.2, 0) is 20.7 Å². The largest absolute Gasteiger partial charge is 0.462 e. The Bertz CT molecular complexity index is 406. The monoisotopic (exact) mass is 234 g/mol. The quantitative estimate of drug-likeness (QED) is 0.443. The van der Waals surface area contributed by atoms with Crippen molar-refractivity contribution in [3.05, 3.63) is 42.5 Å². The van der Waals surface area contributed by atoms with Crippen molar-refractivity contribution in [2.24, 2.45) is 0 Å². The predicted molar refractivity (Wildman–Crippen MR) is 62.6 cm³/mol. The lowest BCUT2D eigenvalue weighted by Crippen LogP contribution is -2.04. The van der Waals surface area contributed by atoms with E-state index in [0.29, 0.717) is 18.8 Å². The van der Waals surface area contributed by atoms with Crippen molar-refractivity contribution in [2.45, 2.75) is 13.3 Å². The number of esters is 2. The molecule has 0 aliphatic carbocycles. The van der Waals surface area contributed by atoms with Gasteiger partial charge >= 0.3 is 11.9 Å². The van der Waals surface area contributed by atoms with Crippen molar-refractivity contribution in [2.75, 3.05) is 6.61 Å². The van der Waals surface area contributed by atoms with Gasteiger partial charge in [-0.05, 0) is 17.7 Å². The van der Waals surface area contributed by atoms with Gasteiger partial charge in [0, 0.05) is 19.4 Å². The van der Waals surface area contributed by atoms with Gasteiger partial charge in [-0.3, -0.25) is 4.79 Å². The fourth-order valence-electron chi connectivity index (χ4n) is 1.22. The average molecular weight is 234 g/mol. The molecule has 0 saturated heterocycles. The highest BCUT2D eigenvalue weighted by Gasteiger charge is 2.00. The molecule has 0 fully saturated rings. The molecule has 0 N–H and O–H groups in total. The van der Waals surface area contributed by atoms with Crippen LogP contribution in [-0.4, -0.2) is 18.5 Å². The first-order valence-corrected chi connectivity index (χ1v) is 5.18. The molecule has 4 heteroatoms. The Morgan fingerprint density at radius 2 is 1.94 bits per heavy atom. The summed E-state index contributed by atoms with van der Waals surface area (Å²) in [6, 6.07) is 7.04. The van der Waals surface area contributed by atoms with E-state index >= 15 is 0 Å². The Kier molecular flexibility index (Phi) is 4.94. The van der Waals surface area contributed by atoms with Crippen LogP contribution in [0.2, 0.25) is 0 Å². The molecular weight excluding hydrogens is 220 g/mol. The maximum Gasteiger partial charge on any atom is 0.330 e. The molecule has 0 unspecified atom stereocenters.